The molecule has 0 aliphatic heterocycles. The SMILES string of the molecule is CC1(C)c2cc(-c3nc(-c4ccccc4)nc(-c4ccccc4)n3)ccc2-c2ccc(-c3cc4c5ccccc5c(-c5cccc6ccccc56)cc4c4ccccc34)cc21. The Bertz CT molecular complexity index is 3490. The summed E-state index contributed by atoms with van der Waals surface area (Å²) in [6.45, 7) is 4.70. The zero-order valence-corrected chi connectivity index (χ0v) is 33.9. The van der Waals surface area contributed by atoms with Gasteiger partial charge in [0.1, 0.15) is 0 Å². The smallest absolute Gasteiger partial charge is 0.164 e. The van der Waals surface area contributed by atoms with Crippen molar-refractivity contribution in [1.82, 2.24) is 15.0 Å². The lowest BCUT2D eigenvalue weighted by Gasteiger charge is -2.23. The summed E-state index contributed by atoms with van der Waals surface area (Å²) < 4.78 is 0. The highest BCUT2D eigenvalue weighted by molar-refractivity contribution is 6.24. The molecule has 61 heavy (non-hydrogen) atoms. The summed E-state index contributed by atoms with van der Waals surface area (Å²) in [4.78, 5) is 15.1. The molecule has 1 heterocycles. The summed E-state index contributed by atoms with van der Waals surface area (Å²) in [6.07, 6.45) is 0. The minimum Gasteiger partial charge on any atom is -0.208 e. The van der Waals surface area contributed by atoms with E-state index >= 15 is 0 Å². The second-order valence-corrected chi connectivity index (χ2v) is 16.7. The third-order valence-corrected chi connectivity index (χ3v) is 12.9. The molecule has 0 radical (unpaired) electrons. The molecule has 1 aliphatic rings. The zero-order chi connectivity index (χ0) is 40.7. The van der Waals surface area contributed by atoms with Gasteiger partial charge in [0.25, 0.3) is 0 Å². The van der Waals surface area contributed by atoms with Gasteiger partial charge in [-0.1, -0.05) is 190 Å². The molecule has 0 unspecified atom stereocenters. The average molecular weight is 778 g/mol. The minimum atomic E-state index is -0.263. The number of rotatable bonds is 5. The van der Waals surface area contributed by atoms with Crippen molar-refractivity contribution in [2.24, 2.45) is 0 Å². The third kappa shape index (κ3) is 5.62. The minimum absolute atomic E-state index is 0.263. The van der Waals surface area contributed by atoms with Crippen LogP contribution in [0.3, 0.4) is 0 Å². The van der Waals surface area contributed by atoms with Crippen molar-refractivity contribution < 1.29 is 0 Å². The summed E-state index contributed by atoms with van der Waals surface area (Å²) in [5.41, 5.74) is 12.8. The Balaban J connectivity index is 0.999. The Morgan fingerprint density at radius 2 is 0.721 bits per heavy atom. The molecule has 3 heteroatoms. The van der Waals surface area contributed by atoms with Gasteiger partial charge >= 0.3 is 0 Å². The second-order valence-electron chi connectivity index (χ2n) is 16.7. The van der Waals surface area contributed by atoms with Gasteiger partial charge in [-0.15, -0.1) is 0 Å². The molecule has 10 aromatic carbocycles. The van der Waals surface area contributed by atoms with Crippen molar-refractivity contribution in [2.45, 2.75) is 19.3 Å². The van der Waals surface area contributed by atoms with Crippen LogP contribution in [0, 0.1) is 0 Å². The highest BCUT2D eigenvalue weighted by Crippen LogP contribution is 2.51. The molecule has 0 spiro atoms. The summed E-state index contributed by atoms with van der Waals surface area (Å²) in [5.74, 6) is 2.00. The molecule has 12 rings (SSSR count). The number of aromatic nitrogens is 3. The molecule has 3 nitrogen and oxygen atoms in total. The Kier molecular flexibility index (Phi) is 7.88. The largest absolute Gasteiger partial charge is 0.208 e. The Morgan fingerprint density at radius 1 is 0.279 bits per heavy atom. The summed E-state index contributed by atoms with van der Waals surface area (Å²) in [5, 5.41) is 10.1. The monoisotopic (exact) mass is 777 g/mol. The van der Waals surface area contributed by atoms with Gasteiger partial charge in [0.15, 0.2) is 17.5 Å². The van der Waals surface area contributed by atoms with E-state index < -0.39 is 0 Å². The molecule has 0 amide bonds. The molecule has 0 saturated carbocycles. The van der Waals surface area contributed by atoms with Gasteiger partial charge in [-0.2, -0.15) is 0 Å². The normalized spacial score (nSPS) is 12.9. The average Bonchev–Trinajstić information content (AvgIpc) is 3.55. The molecule has 0 atom stereocenters. The Morgan fingerprint density at radius 3 is 1.33 bits per heavy atom. The van der Waals surface area contributed by atoms with Crippen molar-refractivity contribution in [3.05, 3.63) is 211 Å². The van der Waals surface area contributed by atoms with E-state index in [4.69, 9.17) is 15.0 Å². The van der Waals surface area contributed by atoms with Gasteiger partial charge < -0.3 is 0 Å². The lowest BCUT2D eigenvalue weighted by molar-refractivity contribution is 0.661. The highest BCUT2D eigenvalue weighted by Gasteiger charge is 2.36. The van der Waals surface area contributed by atoms with E-state index in [0.717, 1.165) is 16.7 Å². The van der Waals surface area contributed by atoms with Crippen LogP contribution in [-0.2, 0) is 5.41 Å². The maximum Gasteiger partial charge on any atom is 0.164 e. The van der Waals surface area contributed by atoms with Crippen LogP contribution in [0.25, 0.3) is 111 Å². The van der Waals surface area contributed by atoms with Crippen molar-refractivity contribution in [1.29, 1.82) is 0 Å². The van der Waals surface area contributed by atoms with Crippen molar-refractivity contribution in [3.8, 4) is 67.5 Å². The Hall–Kier alpha value is -7.75. The van der Waals surface area contributed by atoms with Crippen LogP contribution >= 0.6 is 0 Å². The predicted molar refractivity (Wildman–Crippen MR) is 255 cm³/mol. The molecule has 286 valence electrons. The first-order valence-electron chi connectivity index (χ1n) is 21.0. The standard InChI is InChI=1S/C58H39N3/c1-58(2)53-32-39(28-30-47(53)48-31-29-40(33-54(48)58)57-60-55(37-17-5-3-6-18-37)59-56(61-57)38-19-7-4-8-20-38)49-34-51-46-26-14-13-25-45(46)50(35-52(51)44-24-12-11-23-43(44)49)42-27-15-21-36-16-9-10-22-41(36)42/h3-35H,1-2H3. The van der Waals surface area contributed by atoms with Crippen molar-refractivity contribution >= 4 is 43.1 Å². The molecule has 0 N–H and O–H groups in total. The van der Waals surface area contributed by atoms with Crippen LogP contribution in [0.2, 0.25) is 0 Å². The first kappa shape index (κ1) is 35.2. The van der Waals surface area contributed by atoms with Crippen LogP contribution in [0.15, 0.2) is 200 Å². The fourth-order valence-corrected chi connectivity index (χ4v) is 9.85. The number of nitrogens with zero attached hydrogens (tertiary/aromatic N) is 3. The highest BCUT2D eigenvalue weighted by atomic mass is 15.0. The van der Waals surface area contributed by atoms with E-state index in [-0.39, 0.29) is 5.41 Å². The molecule has 0 bridgehead atoms. The number of hydrogen-bond donors (Lipinski definition) is 0. The van der Waals surface area contributed by atoms with Gasteiger partial charge in [-0.25, -0.2) is 15.0 Å². The van der Waals surface area contributed by atoms with Crippen LogP contribution in [0.1, 0.15) is 25.0 Å². The van der Waals surface area contributed by atoms with Crippen LogP contribution in [0.4, 0.5) is 0 Å². The Labute approximate surface area is 354 Å². The number of benzene rings is 10. The second kappa shape index (κ2) is 13.7. The first-order chi connectivity index (χ1) is 30.0. The van der Waals surface area contributed by atoms with E-state index in [0.29, 0.717) is 17.5 Å². The zero-order valence-electron chi connectivity index (χ0n) is 33.9. The third-order valence-electron chi connectivity index (χ3n) is 12.9. The van der Waals surface area contributed by atoms with Gasteiger partial charge in [0.05, 0.1) is 0 Å². The fraction of sp³-hybridized carbons (Fsp3) is 0.0517. The van der Waals surface area contributed by atoms with Gasteiger partial charge in [-0.05, 0) is 112 Å². The molecular formula is C58H39N3. The summed E-state index contributed by atoms with van der Waals surface area (Å²) >= 11 is 0. The molecule has 11 aromatic rings. The first-order valence-corrected chi connectivity index (χ1v) is 21.0. The predicted octanol–water partition coefficient (Wildman–Crippen LogP) is 15.1. The molecule has 1 aliphatic carbocycles. The fourth-order valence-electron chi connectivity index (χ4n) is 9.85. The van der Waals surface area contributed by atoms with E-state index in [1.165, 1.54) is 87.6 Å². The van der Waals surface area contributed by atoms with E-state index in [9.17, 15) is 0 Å². The van der Waals surface area contributed by atoms with Crippen molar-refractivity contribution in [2.75, 3.05) is 0 Å². The number of hydrogen-bond acceptors (Lipinski definition) is 3. The summed E-state index contributed by atoms with van der Waals surface area (Å²) in [7, 11) is 0. The van der Waals surface area contributed by atoms with E-state index in [1.54, 1.807) is 0 Å². The van der Waals surface area contributed by atoms with Crippen molar-refractivity contribution in [3.63, 3.8) is 0 Å². The van der Waals surface area contributed by atoms with Gasteiger partial charge in [0.2, 0.25) is 0 Å². The quantitative estimate of drug-likeness (QED) is 0.163. The lowest BCUT2D eigenvalue weighted by atomic mass is 9.80. The van der Waals surface area contributed by atoms with Gasteiger partial charge in [-0.3, -0.25) is 0 Å². The number of fused-ring (bicyclic) bond motifs is 9. The topological polar surface area (TPSA) is 38.7 Å². The lowest BCUT2D eigenvalue weighted by Crippen LogP contribution is -2.15. The molecule has 0 fully saturated rings. The van der Waals surface area contributed by atoms with Crippen LogP contribution in [0.5, 0.6) is 0 Å². The molecular weight excluding hydrogens is 739 g/mol. The van der Waals surface area contributed by atoms with Crippen LogP contribution < -0.4 is 0 Å². The molecule has 0 saturated heterocycles. The maximum atomic E-state index is 5.06. The van der Waals surface area contributed by atoms with Crippen LogP contribution in [-0.4, -0.2) is 15.0 Å². The van der Waals surface area contributed by atoms with Gasteiger partial charge in [0, 0.05) is 22.1 Å². The molecule has 1 aromatic heterocycles. The maximum absolute atomic E-state index is 5.06. The van der Waals surface area contributed by atoms with E-state index in [1.807, 2.05) is 36.4 Å². The summed E-state index contributed by atoms with van der Waals surface area (Å²) in [6, 6.07) is 72.3. The van der Waals surface area contributed by atoms with E-state index in [2.05, 4.69) is 178 Å².